The van der Waals surface area contributed by atoms with E-state index in [0.717, 1.165) is 25.8 Å². The smallest absolute Gasteiger partial charge is 0.377 e. The molecule has 0 aromatic rings. The molecule has 0 spiro atoms. The summed E-state index contributed by atoms with van der Waals surface area (Å²) in [6.07, 6.45) is 3.12. The Morgan fingerprint density at radius 3 is 2.82 bits per heavy atom. The van der Waals surface area contributed by atoms with E-state index in [-0.39, 0.29) is 6.04 Å². The average molecular weight is 152 g/mol. The quantitative estimate of drug-likeness (QED) is 0.555. The van der Waals surface area contributed by atoms with Crippen molar-refractivity contribution in [2.45, 2.75) is 32.1 Å². The fourth-order valence-electron chi connectivity index (χ4n) is 1.54. The van der Waals surface area contributed by atoms with E-state index in [2.05, 4.69) is 6.07 Å². The largest absolute Gasteiger partial charge is 0.437 e. The van der Waals surface area contributed by atoms with Gasteiger partial charge in [0.05, 0.1) is 12.1 Å². The molecule has 3 nitrogen and oxygen atoms in total. The van der Waals surface area contributed by atoms with Crippen LogP contribution in [0.2, 0.25) is 6.82 Å². The van der Waals surface area contributed by atoms with Crippen molar-refractivity contribution >= 4 is 7.05 Å². The molecule has 4 heteroatoms. The van der Waals surface area contributed by atoms with E-state index in [1.54, 1.807) is 6.82 Å². The van der Waals surface area contributed by atoms with Gasteiger partial charge in [-0.2, -0.15) is 5.26 Å². The van der Waals surface area contributed by atoms with Crippen molar-refractivity contribution < 1.29 is 5.02 Å². The van der Waals surface area contributed by atoms with Gasteiger partial charge in [0.25, 0.3) is 0 Å². The van der Waals surface area contributed by atoms with Crippen LogP contribution in [0.3, 0.4) is 0 Å². The molecular weight excluding hydrogens is 139 g/mol. The Balaban J connectivity index is 2.53. The highest BCUT2D eigenvalue weighted by Crippen LogP contribution is 2.16. The Hall–Kier alpha value is -0.525. The highest BCUT2D eigenvalue weighted by atomic mass is 16.2. The van der Waals surface area contributed by atoms with Gasteiger partial charge in [-0.3, -0.25) is 0 Å². The molecule has 0 bridgehead atoms. The molecular formula is C7H13BN2O. The van der Waals surface area contributed by atoms with E-state index in [1.807, 2.05) is 4.81 Å². The highest BCUT2D eigenvalue weighted by molar-refractivity contribution is 6.45. The van der Waals surface area contributed by atoms with Crippen LogP contribution in [-0.4, -0.2) is 29.5 Å². The minimum Gasteiger partial charge on any atom is -0.437 e. The van der Waals surface area contributed by atoms with Crippen LogP contribution in [0, 0.1) is 11.3 Å². The van der Waals surface area contributed by atoms with Crippen molar-refractivity contribution in [3.05, 3.63) is 0 Å². The second kappa shape index (κ2) is 3.75. The van der Waals surface area contributed by atoms with Gasteiger partial charge in [0, 0.05) is 0 Å². The summed E-state index contributed by atoms with van der Waals surface area (Å²) in [4.78, 5) is 1.85. The number of hydrogen-bond acceptors (Lipinski definition) is 3. The first-order chi connectivity index (χ1) is 5.25. The summed E-state index contributed by atoms with van der Waals surface area (Å²) in [7, 11) is -0.472. The lowest BCUT2D eigenvalue weighted by molar-refractivity contribution is 0.266. The highest BCUT2D eigenvalue weighted by Gasteiger charge is 2.27. The van der Waals surface area contributed by atoms with E-state index in [1.165, 1.54) is 0 Å². The molecule has 0 aliphatic carbocycles. The topological polar surface area (TPSA) is 47.3 Å². The van der Waals surface area contributed by atoms with Gasteiger partial charge in [0.15, 0.2) is 0 Å². The monoisotopic (exact) mass is 152 g/mol. The molecule has 1 aliphatic heterocycles. The van der Waals surface area contributed by atoms with Crippen molar-refractivity contribution in [1.82, 2.24) is 4.81 Å². The van der Waals surface area contributed by atoms with Crippen LogP contribution >= 0.6 is 0 Å². The average Bonchev–Trinajstić information content (AvgIpc) is 2.04. The van der Waals surface area contributed by atoms with Crippen LogP contribution in [0.25, 0.3) is 0 Å². The summed E-state index contributed by atoms with van der Waals surface area (Å²) >= 11 is 0. The molecule has 11 heavy (non-hydrogen) atoms. The van der Waals surface area contributed by atoms with E-state index >= 15 is 0 Å². The Kier molecular flexibility index (Phi) is 2.92. The van der Waals surface area contributed by atoms with Crippen LogP contribution in [-0.2, 0) is 0 Å². The van der Waals surface area contributed by atoms with Crippen LogP contribution in [0.1, 0.15) is 19.3 Å². The third-order valence-electron chi connectivity index (χ3n) is 2.17. The molecule has 1 fully saturated rings. The second-order valence-corrected chi connectivity index (χ2v) is 3.01. The van der Waals surface area contributed by atoms with Crippen LogP contribution < -0.4 is 0 Å². The van der Waals surface area contributed by atoms with Crippen molar-refractivity contribution in [3.8, 4) is 6.07 Å². The number of hydrogen-bond donors (Lipinski definition) is 1. The van der Waals surface area contributed by atoms with Gasteiger partial charge in [0.2, 0.25) is 0 Å². The Labute approximate surface area is 67.8 Å². The molecule has 1 saturated heterocycles. The maximum atomic E-state index is 9.25. The van der Waals surface area contributed by atoms with Gasteiger partial charge >= 0.3 is 7.05 Å². The maximum absolute atomic E-state index is 9.25. The molecule has 1 N–H and O–H groups in total. The summed E-state index contributed by atoms with van der Waals surface area (Å²) in [6.45, 7) is 2.57. The van der Waals surface area contributed by atoms with Gasteiger partial charge in [0.1, 0.15) is 0 Å². The normalized spacial score (nSPS) is 26.1. The fourth-order valence-corrected chi connectivity index (χ4v) is 1.54. The van der Waals surface area contributed by atoms with Crippen molar-refractivity contribution in [3.63, 3.8) is 0 Å². The molecule has 1 heterocycles. The third kappa shape index (κ3) is 1.95. The van der Waals surface area contributed by atoms with Gasteiger partial charge in [-0.15, -0.1) is 0 Å². The molecule has 0 amide bonds. The molecule has 0 saturated carbocycles. The van der Waals surface area contributed by atoms with Crippen molar-refractivity contribution in [1.29, 1.82) is 5.26 Å². The van der Waals surface area contributed by atoms with E-state index in [4.69, 9.17) is 5.26 Å². The second-order valence-electron chi connectivity index (χ2n) is 3.01. The SMILES string of the molecule is CB(O)N1CCCCC1C#N. The third-order valence-corrected chi connectivity index (χ3v) is 2.17. The standard InChI is InChI=1S/C7H13BN2O/c1-8(11)10-5-3-2-4-7(10)6-9/h7,11H,2-5H2,1H3. The molecule has 1 rings (SSSR count). The molecule has 60 valence electrons. The molecule has 0 radical (unpaired) electrons. The van der Waals surface area contributed by atoms with E-state index in [0.29, 0.717) is 0 Å². The van der Waals surface area contributed by atoms with Crippen LogP contribution in [0.15, 0.2) is 0 Å². The predicted octanol–water partition coefficient (Wildman–Crippen LogP) is 0.475. The Morgan fingerprint density at radius 2 is 2.36 bits per heavy atom. The molecule has 1 aliphatic rings. The zero-order valence-corrected chi connectivity index (χ0v) is 6.82. The lowest BCUT2D eigenvalue weighted by Gasteiger charge is -2.31. The predicted molar refractivity (Wildman–Crippen MR) is 43.8 cm³/mol. The molecule has 0 aromatic carbocycles. The van der Waals surface area contributed by atoms with Gasteiger partial charge in [-0.1, -0.05) is 0 Å². The first-order valence-electron chi connectivity index (χ1n) is 4.09. The maximum Gasteiger partial charge on any atom is 0.377 e. The Bertz CT molecular complexity index is 166. The summed E-state index contributed by atoms with van der Waals surface area (Å²) in [5, 5.41) is 18.0. The summed E-state index contributed by atoms with van der Waals surface area (Å²) in [6, 6.07) is 2.14. The molecule has 1 unspecified atom stereocenters. The number of nitriles is 1. The minimum absolute atomic E-state index is 0.0660. The zero-order valence-electron chi connectivity index (χ0n) is 6.82. The minimum atomic E-state index is -0.472. The number of nitrogens with zero attached hydrogens (tertiary/aromatic N) is 2. The Morgan fingerprint density at radius 1 is 1.64 bits per heavy atom. The first kappa shape index (κ1) is 8.57. The lowest BCUT2D eigenvalue weighted by atomic mass is 9.80. The number of rotatable bonds is 1. The summed E-state index contributed by atoms with van der Waals surface area (Å²) < 4.78 is 0. The van der Waals surface area contributed by atoms with E-state index < -0.39 is 7.05 Å². The van der Waals surface area contributed by atoms with Crippen molar-refractivity contribution in [2.75, 3.05) is 6.54 Å². The number of piperidine rings is 1. The van der Waals surface area contributed by atoms with Crippen LogP contribution in [0.4, 0.5) is 0 Å². The summed E-state index contributed by atoms with van der Waals surface area (Å²) in [5.41, 5.74) is 0. The van der Waals surface area contributed by atoms with Crippen molar-refractivity contribution in [2.24, 2.45) is 0 Å². The molecule has 1 atom stereocenters. The molecule has 0 aromatic heterocycles. The first-order valence-corrected chi connectivity index (χ1v) is 4.09. The van der Waals surface area contributed by atoms with Crippen LogP contribution in [0.5, 0.6) is 0 Å². The lowest BCUT2D eigenvalue weighted by Crippen LogP contribution is -2.47. The zero-order chi connectivity index (χ0) is 8.27. The van der Waals surface area contributed by atoms with Gasteiger partial charge < -0.3 is 9.83 Å². The van der Waals surface area contributed by atoms with Gasteiger partial charge in [-0.05, 0) is 32.6 Å². The summed E-state index contributed by atoms with van der Waals surface area (Å²) in [5.74, 6) is 0. The van der Waals surface area contributed by atoms with Gasteiger partial charge in [-0.25, -0.2) is 0 Å². The van der Waals surface area contributed by atoms with E-state index in [9.17, 15) is 5.02 Å². The fraction of sp³-hybridized carbons (Fsp3) is 0.857.